The molecule has 0 fully saturated rings. The molecule has 0 saturated heterocycles. The zero-order chi connectivity index (χ0) is 30.7. The number of rotatable bonds is 12. The van der Waals surface area contributed by atoms with Gasteiger partial charge in [-0.2, -0.15) is 0 Å². The molecule has 224 valence electrons. The normalized spacial score (nSPS) is 12.6. The van der Waals surface area contributed by atoms with E-state index in [0.717, 1.165) is 17.5 Å². The Morgan fingerprint density at radius 1 is 0.905 bits per heavy atom. The maximum atomic E-state index is 14.4. The van der Waals surface area contributed by atoms with E-state index in [2.05, 4.69) is 10.6 Å². The Morgan fingerprint density at radius 2 is 1.52 bits per heavy atom. The van der Waals surface area contributed by atoms with Crippen LogP contribution in [0.25, 0.3) is 0 Å². The van der Waals surface area contributed by atoms with Crippen LogP contribution in [0.5, 0.6) is 5.75 Å². The molecule has 0 spiro atoms. The molecule has 3 N–H and O–H groups in total. The number of carbonyl (C=O) groups excluding carboxylic acids is 3. The van der Waals surface area contributed by atoms with Crippen LogP contribution in [0.4, 0.5) is 4.79 Å². The van der Waals surface area contributed by atoms with Gasteiger partial charge in [0.25, 0.3) is 0 Å². The number of alkyl carbamates (subject to hydrolysis) is 1. The van der Waals surface area contributed by atoms with E-state index < -0.39 is 35.6 Å². The standard InChI is InChI=1S/C34H43N3O5/c1-6-7-21-37(32(40)28(22-25-16-10-8-11-17-25)36-33(41)42-34(3,4)5)29(27-20-14-15-24(2)30(27)38)31(39)35-23-26-18-12-9-13-19-26/h8-20,28-29,38H,6-7,21-23H2,1-5H3,(H,35,39)(H,36,41). The number of aryl methyl sites for hydroxylation is 1. The fourth-order valence-electron chi connectivity index (χ4n) is 4.63. The summed E-state index contributed by atoms with van der Waals surface area (Å²) in [4.78, 5) is 42.8. The molecule has 0 aliphatic carbocycles. The molecule has 0 aliphatic rings. The number of para-hydroxylation sites is 1. The van der Waals surface area contributed by atoms with E-state index in [9.17, 15) is 19.5 Å². The van der Waals surface area contributed by atoms with Crippen molar-refractivity contribution < 1.29 is 24.2 Å². The second kappa shape index (κ2) is 15.1. The number of aromatic hydroxyl groups is 1. The number of phenols is 1. The highest BCUT2D eigenvalue weighted by Gasteiger charge is 2.37. The van der Waals surface area contributed by atoms with Crippen molar-refractivity contribution in [2.75, 3.05) is 6.54 Å². The highest BCUT2D eigenvalue weighted by molar-refractivity contribution is 5.92. The molecule has 3 amide bonds. The van der Waals surface area contributed by atoms with Crippen molar-refractivity contribution >= 4 is 17.9 Å². The lowest BCUT2D eigenvalue weighted by atomic mass is 9.97. The molecule has 0 aliphatic heterocycles. The minimum absolute atomic E-state index is 0.0497. The van der Waals surface area contributed by atoms with Gasteiger partial charge >= 0.3 is 6.09 Å². The monoisotopic (exact) mass is 573 g/mol. The molecule has 8 heteroatoms. The van der Waals surface area contributed by atoms with Gasteiger partial charge in [-0.25, -0.2) is 4.79 Å². The van der Waals surface area contributed by atoms with Crippen LogP contribution in [0.15, 0.2) is 78.9 Å². The largest absolute Gasteiger partial charge is 0.507 e. The number of ether oxygens (including phenoxy) is 1. The van der Waals surface area contributed by atoms with Gasteiger partial charge in [-0.15, -0.1) is 0 Å². The number of hydrogen-bond acceptors (Lipinski definition) is 5. The fraction of sp³-hybridized carbons (Fsp3) is 0.382. The molecule has 2 unspecified atom stereocenters. The Kier molecular flexibility index (Phi) is 11.5. The molecule has 3 aromatic rings. The first kappa shape index (κ1) is 32.2. The molecular weight excluding hydrogens is 530 g/mol. The third-order valence-electron chi connectivity index (χ3n) is 6.74. The number of benzene rings is 3. The Morgan fingerprint density at radius 3 is 2.12 bits per heavy atom. The third kappa shape index (κ3) is 9.36. The van der Waals surface area contributed by atoms with Gasteiger partial charge in [0.15, 0.2) is 0 Å². The lowest BCUT2D eigenvalue weighted by molar-refractivity contribution is -0.142. The summed E-state index contributed by atoms with van der Waals surface area (Å²) in [5, 5.41) is 16.8. The van der Waals surface area contributed by atoms with Crippen molar-refractivity contribution in [3.8, 4) is 5.75 Å². The first-order chi connectivity index (χ1) is 20.0. The number of nitrogens with one attached hydrogen (secondary N) is 2. The summed E-state index contributed by atoms with van der Waals surface area (Å²) in [5.74, 6) is -0.926. The van der Waals surface area contributed by atoms with E-state index in [4.69, 9.17) is 4.74 Å². The van der Waals surface area contributed by atoms with Gasteiger partial charge in [0.1, 0.15) is 23.4 Å². The topological polar surface area (TPSA) is 108 Å². The summed E-state index contributed by atoms with van der Waals surface area (Å²) in [7, 11) is 0. The summed E-state index contributed by atoms with van der Waals surface area (Å²) in [5.41, 5.74) is 1.88. The average Bonchev–Trinajstić information content (AvgIpc) is 2.95. The van der Waals surface area contributed by atoms with E-state index in [1.54, 1.807) is 45.9 Å². The molecule has 42 heavy (non-hydrogen) atoms. The molecule has 0 bridgehead atoms. The van der Waals surface area contributed by atoms with Gasteiger partial charge in [0.05, 0.1) is 0 Å². The lowest BCUT2D eigenvalue weighted by Gasteiger charge is -2.35. The van der Waals surface area contributed by atoms with Crippen molar-refractivity contribution in [1.29, 1.82) is 0 Å². The predicted molar refractivity (Wildman–Crippen MR) is 164 cm³/mol. The van der Waals surface area contributed by atoms with Crippen LogP contribution in [-0.4, -0.2) is 46.1 Å². The predicted octanol–water partition coefficient (Wildman–Crippen LogP) is 5.82. The van der Waals surface area contributed by atoms with Crippen molar-refractivity contribution in [1.82, 2.24) is 15.5 Å². The molecule has 3 aromatic carbocycles. The van der Waals surface area contributed by atoms with Crippen molar-refractivity contribution in [2.24, 2.45) is 0 Å². The smallest absolute Gasteiger partial charge is 0.408 e. The van der Waals surface area contributed by atoms with Crippen LogP contribution in [0.2, 0.25) is 0 Å². The number of amides is 3. The minimum atomic E-state index is -1.13. The summed E-state index contributed by atoms with van der Waals surface area (Å²) in [6.07, 6.45) is 0.853. The Balaban J connectivity index is 2.04. The zero-order valence-corrected chi connectivity index (χ0v) is 25.2. The van der Waals surface area contributed by atoms with Gasteiger partial charge in [0.2, 0.25) is 11.8 Å². The Bertz CT molecular complexity index is 1320. The first-order valence-electron chi connectivity index (χ1n) is 14.4. The highest BCUT2D eigenvalue weighted by atomic mass is 16.6. The highest BCUT2D eigenvalue weighted by Crippen LogP contribution is 2.33. The molecular formula is C34H43N3O5. The van der Waals surface area contributed by atoms with E-state index in [0.29, 0.717) is 17.5 Å². The van der Waals surface area contributed by atoms with E-state index in [-0.39, 0.29) is 25.3 Å². The van der Waals surface area contributed by atoms with Gasteiger partial charge < -0.3 is 25.4 Å². The van der Waals surface area contributed by atoms with Crippen molar-refractivity contribution in [3.63, 3.8) is 0 Å². The number of hydrogen-bond donors (Lipinski definition) is 3. The summed E-state index contributed by atoms with van der Waals surface area (Å²) in [6, 6.07) is 21.9. The fourth-order valence-corrected chi connectivity index (χ4v) is 4.63. The molecule has 0 saturated carbocycles. The molecule has 2 atom stereocenters. The zero-order valence-electron chi connectivity index (χ0n) is 25.2. The second-order valence-electron chi connectivity index (χ2n) is 11.4. The molecule has 0 radical (unpaired) electrons. The number of carbonyl (C=O) groups is 3. The third-order valence-corrected chi connectivity index (χ3v) is 6.74. The van der Waals surface area contributed by atoms with Crippen LogP contribution in [-0.2, 0) is 27.3 Å². The van der Waals surface area contributed by atoms with Crippen LogP contribution in [0.3, 0.4) is 0 Å². The summed E-state index contributed by atoms with van der Waals surface area (Å²) in [6.45, 7) is 9.50. The van der Waals surface area contributed by atoms with Crippen LogP contribution >= 0.6 is 0 Å². The maximum Gasteiger partial charge on any atom is 0.408 e. The van der Waals surface area contributed by atoms with Crippen LogP contribution in [0.1, 0.15) is 68.8 Å². The van der Waals surface area contributed by atoms with Crippen molar-refractivity contribution in [2.45, 2.75) is 78.1 Å². The van der Waals surface area contributed by atoms with E-state index in [1.807, 2.05) is 67.6 Å². The van der Waals surface area contributed by atoms with Gasteiger partial charge in [-0.1, -0.05) is 92.2 Å². The number of phenolic OH excluding ortho intramolecular Hbond substituents is 1. The quantitative estimate of drug-likeness (QED) is 0.253. The van der Waals surface area contributed by atoms with Crippen LogP contribution in [0, 0.1) is 6.92 Å². The number of nitrogens with zero attached hydrogens (tertiary/aromatic N) is 1. The molecule has 8 nitrogen and oxygen atoms in total. The maximum absolute atomic E-state index is 14.4. The van der Waals surface area contributed by atoms with Crippen molar-refractivity contribution in [3.05, 3.63) is 101 Å². The summed E-state index contributed by atoms with van der Waals surface area (Å²) >= 11 is 0. The van der Waals surface area contributed by atoms with Gasteiger partial charge in [-0.05, 0) is 50.8 Å². The minimum Gasteiger partial charge on any atom is -0.507 e. The first-order valence-corrected chi connectivity index (χ1v) is 14.4. The van der Waals surface area contributed by atoms with E-state index >= 15 is 0 Å². The molecule has 0 aromatic heterocycles. The lowest BCUT2D eigenvalue weighted by Crippen LogP contribution is -2.54. The van der Waals surface area contributed by atoms with E-state index in [1.165, 1.54) is 4.90 Å². The van der Waals surface area contributed by atoms with Gasteiger partial charge in [-0.3, -0.25) is 9.59 Å². The van der Waals surface area contributed by atoms with Gasteiger partial charge in [0, 0.05) is 25.1 Å². The Hall–Kier alpha value is -4.33. The molecule has 3 rings (SSSR count). The second-order valence-corrected chi connectivity index (χ2v) is 11.4. The SMILES string of the molecule is CCCCN(C(=O)C(Cc1ccccc1)NC(=O)OC(C)(C)C)C(C(=O)NCc1ccccc1)c1cccc(C)c1O. The average molecular weight is 574 g/mol. The molecule has 0 heterocycles. The summed E-state index contributed by atoms with van der Waals surface area (Å²) < 4.78 is 5.49. The number of unbranched alkanes of at least 4 members (excludes halogenated alkanes) is 1. The Labute approximate surface area is 249 Å². The van der Waals surface area contributed by atoms with Crippen LogP contribution < -0.4 is 10.6 Å².